The van der Waals surface area contributed by atoms with Crippen molar-refractivity contribution in [2.24, 2.45) is 5.73 Å². The summed E-state index contributed by atoms with van der Waals surface area (Å²) in [5, 5.41) is 8.96. The predicted octanol–water partition coefficient (Wildman–Crippen LogP) is 1.74. The third-order valence-electron chi connectivity index (χ3n) is 1.62. The fraction of sp³-hybridized carbons (Fsp3) is 0.375. The molecule has 1 aromatic heterocycles. The summed E-state index contributed by atoms with van der Waals surface area (Å²) in [7, 11) is 0. The minimum Gasteiger partial charge on any atom is -0.506 e. The molecular formula is C8H9F3N2O. The lowest BCUT2D eigenvalue weighted by molar-refractivity contribution is -0.138. The molecular weight excluding hydrogens is 197 g/mol. The van der Waals surface area contributed by atoms with E-state index in [4.69, 9.17) is 10.8 Å². The summed E-state index contributed by atoms with van der Waals surface area (Å²) in [6, 6.07) is -0.0155. The molecule has 0 bridgehead atoms. The van der Waals surface area contributed by atoms with Gasteiger partial charge < -0.3 is 10.8 Å². The van der Waals surface area contributed by atoms with Crippen LogP contribution in [0.15, 0.2) is 18.5 Å². The Balaban J connectivity index is 2.74. The second kappa shape index (κ2) is 3.83. The predicted molar refractivity (Wildman–Crippen MR) is 43.5 cm³/mol. The molecule has 14 heavy (non-hydrogen) atoms. The maximum atomic E-state index is 11.9. The molecule has 1 aromatic rings. The van der Waals surface area contributed by atoms with Crippen LogP contribution in [0.3, 0.4) is 0 Å². The lowest BCUT2D eigenvalue weighted by Gasteiger charge is -2.13. The van der Waals surface area contributed by atoms with Gasteiger partial charge >= 0.3 is 6.18 Å². The van der Waals surface area contributed by atoms with E-state index in [1.165, 1.54) is 12.3 Å². The van der Waals surface area contributed by atoms with Gasteiger partial charge in [-0.2, -0.15) is 13.2 Å². The van der Waals surface area contributed by atoms with Crippen LogP contribution in [-0.2, 0) is 0 Å². The fourth-order valence-electron chi connectivity index (χ4n) is 1.01. The van der Waals surface area contributed by atoms with Gasteiger partial charge in [0.25, 0.3) is 0 Å². The van der Waals surface area contributed by atoms with Crippen molar-refractivity contribution in [2.45, 2.75) is 18.6 Å². The first-order valence-corrected chi connectivity index (χ1v) is 3.85. The molecule has 0 aliphatic rings. The smallest absolute Gasteiger partial charge is 0.390 e. The van der Waals surface area contributed by atoms with E-state index >= 15 is 0 Å². The van der Waals surface area contributed by atoms with Crippen LogP contribution in [0.1, 0.15) is 18.0 Å². The Labute approximate surface area is 78.4 Å². The Morgan fingerprint density at radius 2 is 2.07 bits per heavy atom. The first-order chi connectivity index (χ1) is 6.38. The highest BCUT2D eigenvalue weighted by molar-refractivity contribution is 5.24. The molecule has 0 saturated carbocycles. The highest BCUT2D eigenvalue weighted by Gasteiger charge is 2.31. The Morgan fingerprint density at radius 1 is 1.43 bits per heavy atom. The summed E-state index contributed by atoms with van der Waals surface area (Å²) in [4.78, 5) is 3.54. The maximum Gasteiger partial charge on any atom is 0.390 e. The van der Waals surface area contributed by atoms with E-state index < -0.39 is 18.6 Å². The van der Waals surface area contributed by atoms with Crippen molar-refractivity contribution in [1.82, 2.24) is 4.98 Å². The lowest BCUT2D eigenvalue weighted by Crippen LogP contribution is -2.20. The van der Waals surface area contributed by atoms with Crippen LogP contribution in [0.2, 0.25) is 0 Å². The summed E-state index contributed by atoms with van der Waals surface area (Å²) in [5.74, 6) is -0.194. The van der Waals surface area contributed by atoms with Crippen molar-refractivity contribution in [3.63, 3.8) is 0 Å². The molecule has 1 heterocycles. The molecule has 1 unspecified atom stereocenters. The van der Waals surface area contributed by atoms with Crippen LogP contribution in [-0.4, -0.2) is 16.3 Å². The molecule has 0 spiro atoms. The number of alkyl halides is 3. The molecule has 0 fully saturated rings. The van der Waals surface area contributed by atoms with Gasteiger partial charge in [0.2, 0.25) is 0 Å². The van der Waals surface area contributed by atoms with Gasteiger partial charge in [0.15, 0.2) is 0 Å². The zero-order valence-electron chi connectivity index (χ0n) is 7.12. The number of nitrogens with zero attached hydrogens (tertiary/aromatic N) is 1. The van der Waals surface area contributed by atoms with Crippen LogP contribution in [0.25, 0.3) is 0 Å². The van der Waals surface area contributed by atoms with Gasteiger partial charge in [0.1, 0.15) is 5.75 Å². The zero-order chi connectivity index (χ0) is 10.8. The van der Waals surface area contributed by atoms with E-state index in [1.54, 1.807) is 0 Å². The van der Waals surface area contributed by atoms with Gasteiger partial charge in [-0.3, -0.25) is 4.98 Å². The number of rotatable bonds is 2. The van der Waals surface area contributed by atoms with Gasteiger partial charge in [-0.25, -0.2) is 0 Å². The molecule has 0 aromatic carbocycles. The lowest BCUT2D eigenvalue weighted by atomic mass is 10.1. The number of aromatic nitrogens is 1. The first kappa shape index (κ1) is 10.8. The molecule has 78 valence electrons. The van der Waals surface area contributed by atoms with Crippen molar-refractivity contribution >= 4 is 0 Å². The maximum absolute atomic E-state index is 11.9. The minimum atomic E-state index is -4.31. The van der Waals surface area contributed by atoms with E-state index in [-0.39, 0.29) is 11.3 Å². The molecule has 6 heteroatoms. The van der Waals surface area contributed by atoms with E-state index in [0.29, 0.717) is 0 Å². The van der Waals surface area contributed by atoms with Crippen molar-refractivity contribution in [1.29, 1.82) is 0 Å². The Bertz CT molecular complexity index is 314. The van der Waals surface area contributed by atoms with Gasteiger partial charge in [0, 0.05) is 12.2 Å². The molecule has 1 atom stereocenters. The number of pyridine rings is 1. The highest BCUT2D eigenvalue weighted by Crippen LogP contribution is 2.28. The molecule has 3 nitrogen and oxygen atoms in total. The van der Waals surface area contributed by atoms with Crippen LogP contribution in [0, 0.1) is 0 Å². The summed E-state index contributed by atoms with van der Waals surface area (Å²) in [6.45, 7) is 0. The Hall–Kier alpha value is -1.30. The minimum absolute atomic E-state index is 0.169. The van der Waals surface area contributed by atoms with Gasteiger partial charge in [-0.15, -0.1) is 0 Å². The van der Waals surface area contributed by atoms with Crippen molar-refractivity contribution in [2.75, 3.05) is 0 Å². The molecule has 0 amide bonds. The van der Waals surface area contributed by atoms with Crippen LogP contribution >= 0.6 is 0 Å². The molecule has 0 aliphatic carbocycles. The highest BCUT2D eigenvalue weighted by atomic mass is 19.4. The van der Waals surface area contributed by atoms with Gasteiger partial charge in [0.05, 0.1) is 12.6 Å². The monoisotopic (exact) mass is 206 g/mol. The number of aromatic hydroxyl groups is 1. The third-order valence-corrected chi connectivity index (χ3v) is 1.62. The summed E-state index contributed by atoms with van der Waals surface area (Å²) in [5.41, 5.74) is 5.45. The van der Waals surface area contributed by atoms with Crippen LogP contribution in [0.4, 0.5) is 13.2 Å². The number of halogens is 3. The molecule has 0 saturated heterocycles. The SMILES string of the molecule is NC(CC(F)(F)F)c1cncc(O)c1. The Kier molecular flexibility index (Phi) is 2.95. The summed E-state index contributed by atoms with van der Waals surface area (Å²) < 4.78 is 35.8. The normalized spacial score (nSPS) is 14.0. The van der Waals surface area contributed by atoms with Crippen molar-refractivity contribution in [3.05, 3.63) is 24.0 Å². The number of hydrogen-bond donors (Lipinski definition) is 2. The van der Waals surface area contributed by atoms with E-state index in [0.717, 1.165) is 6.20 Å². The first-order valence-electron chi connectivity index (χ1n) is 3.85. The second-order valence-electron chi connectivity index (χ2n) is 2.90. The molecule has 0 radical (unpaired) electrons. The average molecular weight is 206 g/mol. The van der Waals surface area contributed by atoms with Crippen molar-refractivity contribution in [3.8, 4) is 5.75 Å². The van der Waals surface area contributed by atoms with Crippen LogP contribution < -0.4 is 5.73 Å². The quantitative estimate of drug-likeness (QED) is 0.774. The third kappa shape index (κ3) is 3.21. The van der Waals surface area contributed by atoms with E-state index in [9.17, 15) is 13.2 Å². The summed E-state index contributed by atoms with van der Waals surface area (Å²) >= 11 is 0. The summed E-state index contributed by atoms with van der Waals surface area (Å²) in [6.07, 6.45) is -3.11. The zero-order valence-corrected chi connectivity index (χ0v) is 7.12. The van der Waals surface area contributed by atoms with Gasteiger partial charge in [-0.1, -0.05) is 0 Å². The average Bonchev–Trinajstić information content (AvgIpc) is 2.01. The topological polar surface area (TPSA) is 59.1 Å². The second-order valence-corrected chi connectivity index (χ2v) is 2.90. The van der Waals surface area contributed by atoms with Crippen molar-refractivity contribution < 1.29 is 18.3 Å². The molecule has 1 rings (SSSR count). The van der Waals surface area contributed by atoms with E-state index in [2.05, 4.69) is 4.98 Å². The molecule has 3 N–H and O–H groups in total. The van der Waals surface area contributed by atoms with Gasteiger partial charge in [-0.05, 0) is 11.6 Å². The number of nitrogens with two attached hydrogens (primary N) is 1. The van der Waals surface area contributed by atoms with E-state index in [1.807, 2.05) is 0 Å². The fourth-order valence-corrected chi connectivity index (χ4v) is 1.01. The number of hydrogen-bond acceptors (Lipinski definition) is 3. The van der Waals surface area contributed by atoms with Crippen LogP contribution in [0.5, 0.6) is 5.75 Å². The molecule has 0 aliphatic heterocycles. The standard InChI is InChI=1S/C8H9F3N2O/c9-8(10,11)2-7(12)5-1-6(14)4-13-3-5/h1,3-4,7,14H,2,12H2. The Morgan fingerprint density at radius 3 is 2.57 bits per heavy atom. The largest absolute Gasteiger partial charge is 0.506 e.